The zero-order valence-electron chi connectivity index (χ0n) is 17.0. The molecular formula is C20H19N3O7S2. The lowest BCUT2D eigenvalue weighted by atomic mass is 10.2. The Kier molecular flexibility index (Phi) is 7.08. The topological polar surface area (TPSA) is 135 Å². The fraction of sp³-hybridized carbons (Fsp3) is 0.150. The molecular weight excluding hydrogens is 458 g/mol. The molecule has 3 aromatic rings. The number of rotatable bonds is 7. The summed E-state index contributed by atoms with van der Waals surface area (Å²) in [5.74, 6) is -0.781. The average molecular weight is 478 g/mol. The highest BCUT2D eigenvalue weighted by Gasteiger charge is 2.23. The summed E-state index contributed by atoms with van der Waals surface area (Å²) in [7, 11) is -1.24. The van der Waals surface area contributed by atoms with Crippen LogP contribution in [0, 0.1) is 0 Å². The first kappa shape index (κ1) is 23.2. The van der Waals surface area contributed by atoms with Gasteiger partial charge in [-0.15, -0.1) is 11.3 Å². The second-order valence-electron chi connectivity index (χ2n) is 6.43. The van der Waals surface area contributed by atoms with E-state index < -0.39 is 27.9 Å². The molecule has 0 aliphatic heterocycles. The third-order valence-corrected chi connectivity index (χ3v) is 6.97. The number of ether oxygens (including phenoxy) is 1. The molecule has 2 heterocycles. The Morgan fingerprint density at radius 3 is 2.44 bits per heavy atom. The number of benzene rings is 1. The summed E-state index contributed by atoms with van der Waals surface area (Å²) in [4.78, 5) is 35.9. The molecule has 0 saturated heterocycles. The van der Waals surface area contributed by atoms with Crippen molar-refractivity contribution in [1.82, 2.24) is 9.62 Å². The third kappa shape index (κ3) is 5.22. The van der Waals surface area contributed by atoms with E-state index in [1.54, 1.807) is 17.5 Å². The summed E-state index contributed by atoms with van der Waals surface area (Å²) >= 11 is 1.09. The molecule has 0 spiro atoms. The van der Waals surface area contributed by atoms with Crippen LogP contribution in [0.2, 0.25) is 0 Å². The van der Waals surface area contributed by atoms with Crippen molar-refractivity contribution in [3.8, 4) is 0 Å². The Bertz CT molecular complexity index is 1220. The number of methoxy groups -OCH3 is 1. The predicted molar refractivity (Wildman–Crippen MR) is 116 cm³/mol. The van der Waals surface area contributed by atoms with Gasteiger partial charge in [0.05, 0.1) is 30.4 Å². The standard InChI is InChI=1S/C20H19N3O7S2/c1-23(12-14-4-3-10-30-14)32(27,28)15-7-5-13(6-8-15)17(24)21-19-16(9-11-31-19)18(25)22-20(26)29-2/h3-11H,12H2,1-2H3,(H,21,24)(H,22,25,26). The monoisotopic (exact) mass is 477 g/mol. The van der Waals surface area contributed by atoms with Gasteiger partial charge in [-0.2, -0.15) is 4.31 Å². The molecule has 0 saturated carbocycles. The van der Waals surface area contributed by atoms with Gasteiger partial charge in [-0.3, -0.25) is 14.9 Å². The number of hydrogen-bond acceptors (Lipinski definition) is 8. The summed E-state index contributed by atoms with van der Waals surface area (Å²) in [5.41, 5.74) is 0.276. The van der Waals surface area contributed by atoms with E-state index in [4.69, 9.17) is 4.42 Å². The molecule has 0 radical (unpaired) electrons. The number of hydrogen-bond donors (Lipinski definition) is 2. The quantitative estimate of drug-likeness (QED) is 0.534. The normalized spacial score (nSPS) is 11.2. The van der Waals surface area contributed by atoms with E-state index in [9.17, 15) is 22.8 Å². The maximum Gasteiger partial charge on any atom is 0.413 e. The van der Waals surface area contributed by atoms with Crippen molar-refractivity contribution >= 4 is 44.3 Å². The summed E-state index contributed by atoms with van der Waals surface area (Å²) in [6.07, 6.45) is 0.536. The van der Waals surface area contributed by atoms with Gasteiger partial charge in [0.1, 0.15) is 10.8 Å². The predicted octanol–water partition coefficient (Wildman–Crippen LogP) is 2.91. The van der Waals surface area contributed by atoms with Gasteiger partial charge in [0.15, 0.2) is 0 Å². The highest BCUT2D eigenvalue weighted by Crippen LogP contribution is 2.24. The van der Waals surface area contributed by atoms with Gasteiger partial charge in [0, 0.05) is 12.6 Å². The molecule has 3 amide bonds. The van der Waals surface area contributed by atoms with Crippen LogP contribution in [0.4, 0.5) is 9.80 Å². The van der Waals surface area contributed by atoms with Crippen LogP contribution in [0.15, 0.2) is 63.4 Å². The van der Waals surface area contributed by atoms with Crippen LogP contribution in [0.1, 0.15) is 26.5 Å². The third-order valence-electron chi connectivity index (χ3n) is 4.32. The molecule has 0 aliphatic rings. The fourth-order valence-electron chi connectivity index (χ4n) is 2.64. The first-order valence-corrected chi connectivity index (χ1v) is 11.4. The number of anilines is 1. The van der Waals surface area contributed by atoms with Gasteiger partial charge in [-0.05, 0) is 47.8 Å². The van der Waals surface area contributed by atoms with E-state index in [1.165, 1.54) is 43.6 Å². The molecule has 0 aliphatic carbocycles. The van der Waals surface area contributed by atoms with Gasteiger partial charge < -0.3 is 14.5 Å². The maximum absolute atomic E-state index is 12.7. The minimum atomic E-state index is -3.79. The largest absolute Gasteiger partial charge is 0.468 e. The van der Waals surface area contributed by atoms with Crippen molar-refractivity contribution in [3.05, 3.63) is 71.0 Å². The molecule has 0 bridgehead atoms. The smallest absolute Gasteiger partial charge is 0.413 e. The van der Waals surface area contributed by atoms with E-state index in [0.717, 1.165) is 22.8 Å². The lowest BCUT2D eigenvalue weighted by Gasteiger charge is -2.16. The number of carbonyl (C=O) groups excluding carboxylic acids is 3. The molecule has 0 fully saturated rings. The minimum absolute atomic E-state index is 0.0115. The van der Waals surface area contributed by atoms with Crippen LogP contribution in [-0.2, 0) is 21.3 Å². The van der Waals surface area contributed by atoms with Crippen LogP contribution in [0.5, 0.6) is 0 Å². The van der Waals surface area contributed by atoms with Crippen LogP contribution in [0.25, 0.3) is 0 Å². The Hall–Kier alpha value is -3.48. The van der Waals surface area contributed by atoms with Crippen molar-refractivity contribution in [1.29, 1.82) is 0 Å². The Morgan fingerprint density at radius 1 is 1.09 bits per heavy atom. The van der Waals surface area contributed by atoms with Crippen molar-refractivity contribution in [2.24, 2.45) is 0 Å². The van der Waals surface area contributed by atoms with Gasteiger partial charge in [0.2, 0.25) is 10.0 Å². The number of imide groups is 1. The number of furan rings is 1. The lowest BCUT2D eigenvalue weighted by molar-refractivity contribution is 0.0938. The summed E-state index contributed by atoms with van der Waals surface area (Å²) in [5, 5.41) is 6.40. The van der Waals surface area contributed by atoms with E-state index >= 15 is 0 Å². The number of nitrogens with zero attached hydrogens (tertiary/aromatic N) is 1. The maximum atomic E-state index is 12.7. The summed E-state index contributed by atoms with van der Waals surface area (Å²) in [6.45, 7) is 0.0619. The molecule has 168 valence electrons. The highest BCUT2D eigenvalue weighted by molar-refractivity contribution is 7.89. The Labute approximate surface area is 187 Å². The number of thiophene rings is 1. The van der Waals surface area contributed by atoms with Crippen molar-refractivity contribution in [2.75, 3.05) is 19.5 Å². The van der Waals surface area contributed by atoms with Crippen LogP contribution in [0.3, 0.4) is 0 Å². The molecule has 0 unspecified atom stereocenters. The number of alkyl carbamates (subject to hydrolysis) is 1. The number of carbonyl (C=O) groups is 3. The van der Waals surface area contributed by atoms with Crippen molar-refractivity contribution in [2.45, 2.75) is 11.4 Å². The van der Waals surface area contributed by atoms with E-state index in [-0.39, 0.29) is 27.6 Å². The molecule has 12 heteroatoms. The van der Waals surface area contributed by atoms with Crippen molar-refractivity contribution in [3.63, 3.8) is 0 Å². The first-order valence-electron chi connectivity index (χ1n) is 9.09. The summed E-state index contributed by atoms with van der Waals surface area (Å²) in [6, 6.07) is 10.2. The molecule has 1 aromatic carbocycles. The SMILES string of the molecule is COC(=O)NC(=O)c1ccsc1NC(=O)c1ccc(S(=O)(=O)N(C)Cc2ccco2)cc1. The molecule has 10 nitrogen and oxygen atoms in total. The Balaban J connectivity index is 1.70. The van der Waals surface area contributed by atoms with Gasteiger partial charge in [-0.25, -0.2) is 13.2 Å². The van der Waals surface area contributed by atoms with E-state index in [1.807, 2.05) is 5.32 Å². The zero-order valence-corrected chi connectivity index (χ0v) is 18.7. The first-order chi connectivity index (χ1) is 15.2. The second kappa shape index (κ2) is 9.77. The molecule has 2 N–H and O–H groups in total. The van der Waals surface area contributed by atoms with E-state index in [2.05, 4.69) is 10.1 Å². The minimum Gasteiger partial charge on any atom is -0.468 e. The van der Waals surface area contributed by atoms with Crippen molar-refractivity contribution < 1.29 is 32.0 Å². The van der Waals surface area contributed by atoms with Crippen LogP contribution in [-0.4, -0.2) is 44.8 Å². The van der Waals surface area contributed by atoms with Crippen LogP contribution >= 0.6 is 11.3 Å². The second-order valence-corrected chi connectivity index (χ2v) is 9.39. The zero-order chi connectivity index (χ0) is 23.3. The van der Waals surface area contributed by atoms with Crippen LogP contribution < -0.4 is 10.6 Å². The van der Waals surface area contributed by atoms with Gasteiger partial charge in [-0.1, -0.05) is 0 Å². The average Bonchev–Trinajstić information content (AvgIpc) is 3.45. The van der Waals surface area contributed by atoms with E-state index in [0.29, 0.717) is 5.76 Å². The molecule has 2 aromatic heterocycles. The number of nitrogens with one attached hydrogen (secondary N) is 2. The number of sulfonamides is 1. The van der Waals surface area contributed by atoms with Gasteiger partial charge in [0.25, 0.3) is 11.8 Å². The molecule has 32 heavy (non-hydrogen) atoms. The lowest BCUT2D eigenvalue weighted by Crippen LogP contribution is -2.30. The van der Waals surface area contributed by atoms with Gasteiger partial charge >= 0.3 is 6.09 Å². The molecule has 3 rings (SSSR count). The summed E-state index contributed by atoms with van der Waals surface area (Å²) < 4.78 is 36.2. The fourth-order valence-corrected chi connectivity index (χ4v) is 4.55. The highest BCUT2D eigenvalue weighted by atomic mass is 32.2. The number of amides is 3. The molecule has 0 atom stereocenters. The Morgan fingerprint density at radius 2 is 1.81 bits per heavy atom.